The molecule has 0 atom stereocenters. The summed E-state index contributed by atoms with van der Waals surface area (Å²) in [5.74, 6) is 1.50. The monoisotopic (exact) mass is 234 g/mol. The third kappa shape index (κ3) is 4.33. The molecule has 0 unspecified atom stereocenters. The number of ether oxygens (including phenoxy) is 2. The van der Waals surface area contributed by atoms with Gasteiger partial charge in [0.1, 0.15) is 0 Å². The lowest BCUT2D eigenvalue weighted by atomic mass is 10.2. The lowest BCUT2D eigenvalue weighted by Crippen LogP contribution is -2.14. The molecule has 17 heavy (non-hydrogen) atoms. The molecule has 1 aromatic carbocycles. The van der Waals surface area contributed by atoms with Gasteiger partial charge in [-0.05, 0) is 24.6 Å². The van der Waals surface area contributed by atoms with E-state index in [4.69, 9.17) is 14.7 Å². The average Bonchev–Trinajstić information content (AvgIpc) is 2.36. The molecule has 0 heterocycles. The normalized spacial score (nSPS) is 9.71. The van der Waals surface area contributed by atoms with Crippen molar-refractivity contribution < 1.29 is 9.47 Å². The van der Waals surface area contributed by atoms with E-state index in [0.717, 1.165) is 23.6 Å². The van der Waals surface area contributed by atoms with Gasteiger partial charge in [-0.2, -0.15) is 5.26 Å². The van der Waals surface area contributed by atoms with Gasteiger partial charge in [0, 0.05) is 19.5 Å². The second kappa shape index (κ2) is 7.53. The van der Waals surface area contributed by atoms with Crippen molar-refractivity contribution in [1.29, 1.82) is 5.26 Å². The molecule has 0 bridgehead atoms. The minimum Gasteiger partial charge on any atom is -0.493 e. The second-order valence-electron chi connectivity index (χ2n) is 3.50. The van der Waals surface area contributed by atoms with Gasteiger partial charge in [0.15, 0.2) is 11.5 Å². The Labute approximate surface area is 102 Å². The summed E-state index contributed by atoms with van der Waals surface area (Å²) in [5, 5.41) is 11.6. The molecule has 0 spiro atoms. The first kappa shape index (κ1) is 13.3. The van der Waals surface area contributed by atoms with Crippen LogP contribution >= 0.6 is 0 Å². The lowest BCUT2D eigenvalue weighted by Gasteiger charge is -2.11. The van der Waals surface area contributed by atoms with E-state index in [9.17, 15) is 0 Å². The molecule has 92 valence electrons. The van der Waals surface area contributed by atoms with Crippen molar-refractivity contribution in [1.82, 2.24) is 5.32 Å². The summed E-state index contributed by atoms with van der Waals surface area (Å²) in [4.78, 5) is 0. The zero-order valence-corrected chi connectivity index (χ0v) is 10.3. The van der Waals surface area contributed by atoms with Crippen molar-refractivity contribution in [2.75, 3.05) is 20.3 Å². The molecule has 0 aromatic heterocycles. The third-order valence-electron chi connectivity index (χ3n) is 2.27. The molecule has 0 saturated heterocycles. The Bertz CT molecular complexity index is 385. The van der Waals surface area contributed by atoms with Crippen molar-refractivity contribution in [3.8, 4) is 17.6 Å². The molecule has 1 N–H and O–H groups in total. The van der Waals surface area contributed by atoms with Crippen molar-refractivity contribution in [2.45, 2.75) is 19.9 Å². The fourth-order valence-corrected chi connectivity index (χ4v) is 1.47. The molecule has 4 heteroatoms. The molecular formula is C13H18N2O2. The van der Waals surface area contributed by atoms with Gasteiger partial charge in [-0.3, -0.25) is 0 Å². The van der Waals surface area contributed by atoms with Crippen LogP contribution in [0.25, 0.3) is 0 Å². The highest BCUT2D eigenvalue weighted by atomic mass is 16.5. The lowest BCUT2D eigenvalue weighted by molar-refractivity contribution is 0.310. The second-order valence-corrected chi connectivity index (χ2v) is 3.50. The van der Waals surface area contributed by atoms with E-state index in [1.54, 1.807) is 7.11 Å². The molecule has 4 nitrogen and oxygen atoms in total. The molecule has 0 amide bonds. The maximum Gasteiger partial charge on any atom is 0.161 e. The van der Waals surface area contributed by atoms with Gasteiger partial charge in [0.2, 0.25) is 0 Å². The molecule has 0 fully saturated rings. The topological polar surface area (TPSA) is 54.3 Å². The van der Waals surface area contributed by atoms with Gasteiger partial charge in [0.05, 0.1) is 19.8 Å². The predicted molar refractivity (Wildman–Crippen MR) is 66.1 cm³/mol. The SMILES string of the molecule is CCOc1ccc(CNCCC#N)cc1OC. The zero-order valence-electron chi connectivity index (χ0n) is 10.3. The van der Waals surface area contributed by atoms with Crippen LogP contribution in [0.2, 0.25) is 0 Å². The van der Waals surface area contributed by atoms with Crippen LogP contribution < -0.4 is 14.8 Å². The predicted octanol–water partition coefficient (Wildman–Crippen LogP) is 2.10. The Hall–Kier alpha value is -1.73. The highest BCUT2D eigenvalue weighted by Gasteiger charge is 2.04. The zero-order chi connectivity index (χ0) is 12.5. The minimum absolute atomic E-state index is 0.522. The quantitative estimate of drug-likeness (QED) is 0.734. The van der Waals surface area contributed by atoms with Gasteiger partial charge in [-0.1, -0.05) is 6.07 Å². The summed E-state index contributed by atoms with van der Waals surface area (Å²) in [6.07, 6.45) is 0.522. The minimum atomic E-state index is 0.522. The summed E-state index contributed by atoms with van der Waals surface area (Å²) < 4.78 is 10.7. The van der Waals surface area contributed by atoms with E-state index in [2.05, 4.69) is 11.4 Å². The van der Waals surface area contributed by atoms with Gasteiger partial charge < -0.3 is 14.8 Å². The number of hydrogen-bond acceptors (Lipinski definition) is 4. The molecule has 0 aliphatic heterocycles. The van der Waals surface area contributed by atoms with Crippen LogP contribution in [0, 0.1) is 11.3 Å². The number of nitrogens with one attached hydrogen (secondary N) is 1. The maximum absolute atomic E-state index is 8.41. The van der Waals surface area contributed by atoms with Gasteiger partial charge in [0.25, 0.3) is 0 Å². The van der Waals surface area contributed by atoms with Crippen LogP contribution in [0.3, 0.4) is 0 Å². The summed E-state index contributed by atoms with van der Waals surface area (Å²) in [6.45, 7) is 3.99. The Morgan fingerprint density at radius 3 is 2.82 bits per heavy atom. The summed E-state index contributed by atoms with van der Waals surface area (Å²) in [5.41, 5.74) is 1.11. The first-order valence-electron chi connectivity index (χ1n) is 5.69. The smallest absolute Gasteiger partial charge is 0.161 e. The number of hydrogen-bond donors (Lipinski definition) is 1. The summed E-state index contributed by atoms with van der Waals surface area (Å²) >= 11 is 0. The Morgan fingerprint density at radius 2 is 2.18 bits per heavy atom. The van der Waals surface area contributed by atoms with Gasteiger partial charge in [-0.15, -0.1) is 0 Å². The average molecular weight is 234 g/mol. The standard InChI is InChI=1S/C13H18N2O2/c1-3-17-12-6-5-11(9-13(12)16-2)10-15-8-4-7-14/h5-6,9,15H,3-4,8,10H2,1-2H3. The van der Waals surface area contributed by atoms with E-state index < -0.39 is 0 Å². The molecule has 0 aliphatic carbocycles. The highest BCUT2D eigenvalue weighted by Crippen LogP contribution is 2.27. The Balaban J connectivity index is 2.59. The number of nitrogens with zero attached hydrogens (tertiary/aromatic N) is 1. The fourth-order valence-electron chi connectivity index (χ4n) is 1.47. The van der Waals surface area contributed by atoms with Crippen molar-refractivity contribution in [3.05, 3.63) is 23.8 Å². The Morgan fingerprint density at radius 1 is 1.35 bits per heavy atom. The van der Waals surface area contributed by atoms with E-state index in [1.165, 1.54) is 0 Å². The number of nitriles is 1. The van der Waals surface area contributed by atoms with Gasteiger partial charge in [-0.25, -0.2) is 0 Å². The number of rotatable bonds is 7. The molecular weight excluding hydrogens is 216 g/mol. The number of methoxy groups -OCH3 is 1. The van der Waals surface area contributed by atoms with Crippen molar-refractivity contribution in [2.24, 2.45) is 0 Å². The first-order chi connectivity index (χ1) is 8.31. The third-order valence-corrected chi connectivity index (χ3v) is 2.27. The van der Waals surface area contributed by atoms with Crippen molar-refractivity contribution in [3.63, 3.8) is 0 Å². The van der Waals surface area contributed by atoms with Crippen LogP contribution in [0.15, 0.2) is 18.2 Å². The molecule has 0 aliphatic rings. The van der Waals surface area contributed by atoms with Crippen LogP contribution in [0.5, 0.6) is 11.5 Å². The fraction of sp³-hybridized carbons (Fsp3) is 0.462. The summed E-state index contributed by atoms with van der Waals surface area (Å²) in [7, 11) is 1.63. The van der Waals surface area contributed by atoms with Crippen LogP contribution in [0.4, 0.5) is 0 Å². The number of benzene rings is 1. The van der Waals surface area contributed by atoms with Crippen LogP contribution in [0.1, 0.15) is 18.9 Å². The maximum atomic E-state index is 8.41. The van der Waals surface area contributed by atoms with E-state index in [0.29, 0.717) is 19.6 Å². The van der Waals surface area contributed by atoms with Crippen LogP contribution in [-0.2, 0) is 6.54 Å². The van der Waals surface area contributed by atoms with E-state index in [-0.39, 0.29) is 0 Å². The van der Waals surface area contributed by atoms with Crippen molar-refractivity contribution >= 4 is 0 Å². The first-order valence-corrected chi connectivity index (χ1v) is 5.69. The van der Waals surface area contributed by atoms with E-state index >= 15 is 0 Å². The van der Waals surface area contributed by atoms with Gasteiger partial charge >= 0.3 is 0 Å². The molecule has 1 rings (SSSR count). The summed E-state index contributed by atoms with van der Waals surface area (Å²) in [6, 6.07) is 7.94. The molecule has 0 radical (unpaired) electrons. The largest absolute Gasteiger partial charge is 0.493 e. The highest BCUT2D eigenvalue weighted by molar-refractivity contribution is 5.42. The Kier molecular flexibility index (Phi) is 5.91. The molecule has 1 aromatic rings. The van der Waals surface area contributed by atoms with E-state index in [1.807, 2.05) is 25.1 Å². The van der Waals surface area contributed by atoms with Crippen LogP contribution in [-0.4, -0.2) is 20.3 Å². The molecule has 0 saturated carbocycles.